The minimum absolute atomic E-state index is 0.124. The van der Waals surface area contributed by atoms with E-state index in [0.29, 0.717) is 29.1 Å². The molecular formula is C24H38O3. The number of hydrogen-bond donors (Lipinski definition) is 2. The maximum atomic E-state index is 11.0. The molecule has 0 bridgehead atoms. The molecule has 0 aromatic rings. The Balaban J connectivity index is 1.54. The summed E-state index contributed by atoms with van der Waals surface area (Å²) in [6.07, 6.45) is 13.0. The van der Waals surface area contributed by atoms with Gasteiger partial charge >= 0.3 is 5.97 Å². The van der Waals surface area contributed by atoms with E-state index in [2.05, 4.69) is 26.8 Å². The van der Waals surface area contributed by atoms with Crippen LogP contribution in [0.25, 0.3) is 0 Å². The van der Waals surface area contributed by atoms with Crippen LogP contribution in [0.2, 0.25) is 0 Å². The summed E-state index contributed by atoms with van der Waals surface area (Å²) in [6.45, 7) is 7.33. The van der Waals surface area contributed by atoms with E-state index in [1.165, 1.54) is 32.1 Å². The van der Waals surface area contributed by atoms with Gasteiger partial charge in [-0.05, 0) is 98.2 Å². The van der Waals surface area contributed by atoms with Crippen LogP contribution in [-0.2, 0) is 4.79 Å². The summed E-state index contributed by atoms with van der Waals surface area (Å²) in [6, 6.07) is 0. The molecule has 3 nitrogen and oxygen atoms in total. The van der Waals surface area contributed by atoms with E-state index in [-0.39, 0.29) is 6.10 Å². The molecule has 3 fully saturated rings. The lowest BCUT2D eigenvalue weighted by Gasteiger charge is -2.58. The number of aliphatic hydroxyl groups excluding tert-OH is 1. The smallest absolute Gasteiger partial charge is 0.303 e. The third kappa shape index (κ3) is 3.09. The number of hydrogen-bond acceptors (Lipinski definition) is 2. The second kappa shape index (κ2) is 6.90. The molecule has 2 N–H and O–H groups in total. The lowest BCUT2D eigenvalue weighted by Crippen LogP contribution is -2.50. The van der Waals surface area contributed by atoms with Gasteiger partial charge in [0.2, 0.25) is 0 Å². The topological polar surface area (TPSA) is 57.5 Å². The van der Waals surface area contributed by atoms with Gasteiger partial charge in [0.1, 0.15) is 0 Å². The molecule has 4 aliphatic carbocycles. The lowest BCUT2D eigenvalue weighted by atomic mass is 9.47. The molecule has 0 radical (unpaired) electrons. The van der Waals surface area contributed by atoms with Gasteiger partial charge in [0.05, 0.1) is 6.10 Å². The molecule has 0 amide bonds. The fourth-order valence-electron chi connectivity index (χ4n) is 8.17. The van der Waals surface area contributed by atoms with E-state index < -0.39 is 5.97 Å². The van der Waals surface area contributed by atoms with Crippen molar-refractivity contribution in [3.8, 4) is 0 Å². The fourth-order valence-corrected chi connectivity index (χ4v) is 8.17. The van der Waals surface area contributed by atoms with Crippen molar-refractivity contribution in [2.75, 3.05) is 0 Å². The molecule has 8 atom stereocenters. The Morgan fingerprint density at radius 3 is 2.70 bits per heavy atom. The van der Waals surface area contributed by atoms with Gasteiger partial charge in [0.15, 0.2) is 0 Å². The summed E-state index contributed by atoms with van der Waals surface area (Å²) in [7, 11) is 0. The second-order valence-electron chi connectivity index (χ2n) is 10.8. The molecule has 4 rings (SSSR count). The zero-order chi connectivity index (χ0) is 19.4. The molecule has 0 unspecified atom stereocenters. The number of carbonyl (C=O) groups is 1. The highest BCUT2D eigenvalue weighted by Gasteiger charge is 2.59. The predicted octanol–water partition coefficient (Wildman–Crippen LogP) is 5.43. The molecule has 0 heterocycles. The van der Waals surface area contributed by atoms with Crippen LogP contribution in [0.5, 0.6) is 0 Å². The van der Waals surface area contributed by atoms with Gasteiger partial charge in [-0.1, -0.05) is 32.4 Å². The van der Waals surface area contributed by atoms with Gasteiger partial charge in [-0.25, -0.2) is 0 Å². The first-order chi connectivity index (χ1) is 12.8. The lowest BCUT2D eigenvalue weighted by molar-refractivity contribution is -0.137. The molecule has 0 aromatic heterocycles. The average Bonchev–Trinajstić information content (AvgIpc) is 2.97. The Bertz CT molecular complexity index is 625. The van der Waals surface area contributed by atoms with Gasteiger partial charge in [-0.15, -0.1) is 0 Å². The highest BCUT2D eigenvalue weighted by Crippen LogP contribution is 2.67. The fraction of sp³-hybridized carbons (Fsp3) is 0.875. The first-order valence-corrected chi connectivity index (χ1v) is 11.3. The number of rotatable bonds is 4. The largest absolute Gasteiger partial charge is 0.481 e. The molecule has 0 saturated heterocycles. The summed E-state index contributed by atoms with van der Waals surface area (Å²) < 4.78 is 0. The summed E-state index contributed by atoms with van der Waals surface area (Å²) >= 11 is 0. The van der Waals surface area contributed by atoms with E-state index in [9.17, 15) is 9.90 Å². The van der Waals surface area contributed by atoms with E-state index >= 15 is 0 Å². The van der Waals surface area contributed by atoms with E-state index in [1.54, 1.807) is 5.57 Å². The van der Waals surface area contributed by atoms with Gasteiger partial charge in [-0.2, -0.15) is 0 Å². The number of carboxylic acid groups (broad SMARTS) is 1. The Morgan fingerprint density at radius 1 is 1.19 bits per heavy atom. The standard InChI is InChI=1S/C24H38O3/c1-15(4-9-22(26)27)19-7-8-20-18-6-5-16-14-17(25)10-12-23(16,2)21(18)11-13-24(19,20)3/h5,15,17-21,25H,4,6-14H2,1-3H3,(H,26,27)/t15-,17+,18+,19-,20+,21+,23+,24-/m1/s1. The van der Waals surface area contributed by atoms with Crippen LogP contribution in [0.4, 0.5) is 0 Å². The van der Waals surface area contributed by atoms with Crippen LogP contribution in [0, 0.1) is 40.4 Å². The highest BCUT2D eigenvalue weighted by atomic mass is 16.4. The predicted molar refractivity (Wildman–Crippen MR) is 107 cm³/mol. The molecule has 3 heteroatoms. The number of fused-ring (bicyclic) bond motifs is 5. The normalized spacial score (nSPS) is 47.4. The maximum absolute atomic E-state index is 11.0. The third-order valence-electron chi connectivity index (χ3n) is 9.65. The average molecular weight is 375 g/mol. The minimum Gasteiger partial charge on any atom is -0.481 e. The van der Waals surface area contributed by atoms with Crippen LogP contribution in [0.15, 0.2) is 11.6 Å². The van der Waals surface area contributed by atoms with Crippen LogP contribution in [-0.4, -0.2) is 22.3 Å². The molecular weight excluding hydrogens is 336 g/mol. The monoisotopic (exact) mass is 374 g/mol. The Morgan fingerprint density at radius 2 is 1.96 bits per heavy atom. The van der Waals surface area contributed by atoms with Crippen molar-refractivity contribution in [3.63, 3.8) is 0 Å². The second-order valence-corrected chi connectivity index (χ2v) is 10.8. The zero-order valence-corrected chi connectivity index (χ0v) is 17.4. The first kappa shape index (κ1) is 19.5. The summed E-state index contributed by atoms with van der Waals surface area (Å²) in [5.41, 5.74) is 2.27. The Kier molecular flexibility index (Phi) is 4.98. The molecule has 152 valence electrons. The minimum atomic E-state index is -0.650. The van der Waals surface area contributed by atoms with Crippen LogP contribution >= 0.6 is 0 Å². The Labute approximate surface area is 164 Å². The van der Waals surface area contributed by atoms with E-state index in [0.717, 1.165) is 43.4 Å². The summed E-state index contributed by atoms with van der Waals surface area (Å²) in [5, 5.41) is 19.2. The van der Waals surface area contributed by atoms with Crippen molar-refractivity contribution in [1.82, 2.24) is 0 Å². The van der Waals surface area contributed by atoms with Crippen LogP contribution < -0.4 is 0 Å². The van der Waals surface area contributed by atoms with Crippen LogP contribution in [0.3, 0.4) is 0 Å². The van der Waals surface area contributed by atoms with Crippen molar-refractivity contribution in [2.45, 2.75) is 91.1 Å². The van der Waals surface area contributed by atoms with Crippen molar-refractivity contribution < 1.29 is 15.0 Å². The quantitative estimate of drug-likeness (QED) is 0.645. The van der Waals surface area contributed by atoms with Crippen LogP contribution in [0.1, 0.15) is 85.0 Å². The highest BCUT2D eigenvalue weighted by molar-refractivity contribution is 5.66. The van der Waals surface area contributed by atoms with Gasteiger partial charge in [0, 0.05) is 6.42 Å². The Hall–Kier alpha value is -0.830. The summed E-state index contributed by atoms with van der Waals surface area (Å²) in [5.74, 6) is 2.94. The molecule has 0 aliphatic heterocycles. The number of allylic oxidation sites excluding steroid dienone is 1. The van der Waals surface area contributed by atoms with Gasteiger partial charge < -0.3 is 10.2 Å². The van der Waals surface area contributed by atoms with Gasteiger partial charge in [0.25, 0.3) is 0 Å². The molecule has 27 heavy (non-hydrogen) atoms. The van der Waals surface area contributed by atoms with E-state index in [4.69, 9.17) is 5.11 Å². The van der Waals surface area contributed by atoms with Crippen molar-refractivity contribution in [3.05, 3.63) is 11.6 Å². The molecule has 0 aromatic carbocycles. The molecule has 4 aliphatic rings. The maximum Gasteiger partial charge on any atom is 0.303 e. The van der Waals surface area contributed by atoms with Crippen molar-refractivity contribution >= 4 is 5.97 Å². The van der Waals surface area contributed by atoms with Crippen molar-refractivity contribution in [2.24, 2.45) is 40.4 Å². The number of aliphatic carboxylic acids is 1. The molecule has 0 spiro atoms. The molecule has 3 saturated carbocycles. The third-order valence-corrected chi connectivity index (χ3v) is 9.65. The van der Waals surface area contributed by atoms with Crippen molar-refractivity contribution in [1.29, 1.82) is 0 Å². The SMILES string of the molecule is C[C@H](CCC(=O)O)[C@H]1CC[C@H]2[C@@H]3CC=C4C[C@@H](O)CC[C@]4(C)[C@H]3CC[C@]12C. The summed E-state index contributed by atoms with van der Waals surface area (Å²) in [4.78, 5) is 11.0. The number of aliphatic hydroxyl groups is 1. The number of carboxylic acids is 1. The van der Waals surface area contributed by atoms with E-state index in [1.807, 2.05) is 0 Å². The van der Waals surface area contributed by atoms with Gasteiger partial charge in [-0.3, -0.25) is 4.79 Å². The first-order valence-electron chi connectivity index (χ1n) is 11.3. The zero-order valence-electron chi connectivity index (χ0n) is 17.4.